The molecule has 0 saturated heterocycles. The van der Waals surface area contributed by atoms with E-state index in [9.17, 15) is 8.42 Å². The van der Waals surface area contributed by atoms with Gasteiger partial charge in [0.25, 0.3) is 0 Å². The number of thiazole rings is 1. The summed E-state index contributed by atoms with van der Waals surface area (Å²) >= 11 is 1.43. The highest BCUT2D eigenvalue weighted by molar-refractivity contribution is 7.88. The minimum atomic E-state index is -3.39. The topological polar surface area (TPSA) is 72.0 Å². The number of sulfonamides is 1. The normalized spacial score (nSPS) is 11.5. The van der Waals surface area contributed by atoms with Crippen LogP contribution in [-0.2, 0) is 22.3 Å². The molecule has 3 aromatic rings. The van der Waals surface area contributed by atoms with Crippen LogP contribution in [0, 0.1) is 6.92 Å². The van der Waals surface area contributed by atoms with E-state index in [1.54, 1.807) is 12.4 Å². The lowest BCUT2D eigenvalue weighted by Gasteiger charge is -2.05. The molecule has 7 heteroatoms. The molecule has 1 aromatic carbocycles. The van der Waals surface area contributed by atoms with E-state index in [2.05, 4.69) is 14.7 Å². The quantitative estimate of drug-likeness (QED) is 0.734. The van der Waals surface area contributed by atoms with Crippen molar-refractivity contribution in [1.82, 2.24) is 14.7 Å². The van der Waals surface area contributed by atoms with Crippen LogP contribution >= 0.6 is 11.3 Å². The first-order chi connectivity index (χ1) is 11.5. The molecule has 0 aliphatic rings. The first-order valence-corrected chi connectivity index (χ1v) is 9.93. The Bertz CT molecular complexity index is 905. The van der Waals surface area contributed by atoms with Crippen molar-refractivity contribution in [3.8, 4) is 11.3 Å². The zero-order valence-electron chi connectivity index (χ0n) is 13.1. The fourth-order valence-corrected chi connectivity index (χ4v) is 4.10. The van der Waals surface area contributed by atoms with Crippen molar-refractivity contribution in [2.45, 2.75) is 19.2 Å². The first kappa shape index (κ1) is 16.8. The third-order valence-electron chi connectivity index (χ3n) is 3.45. The van der Waals surface area contributed by atoms with Gasteiger partial charge in [0.15, 0.2) is 0 Å². The van der Waals surface area contributed by atoms with Crippen molar-refractivity contribution in [2.24, 2.45) is 0 Å². The number of nitrogens with zero attached hydrogens (tertiary/aromatic N) is 2. The molecule has 0 spiro atoms. The van der Waals surface area contributed by atoms with Crippen molar-refractivity contribution >= 4 is 21.4 Å². The monoisotopic (exact) mass is 359 g/mol. The molecule has 0 saturated carbocycles. The van der Waals surface area contributed by atoms with Crippen molar-refractivity contribution < 1.29 is 8.42 Å². The average molecular weight is 359 g/mol. The summed E-state index contributed by atoms with van der Waals surface area (Å²) in [6.07, 6.45) is 3.41. The van der Waals surface area contributed by atoms with Gasteiger partial charge in [-0.2, -0.15) is 0 Å². The minimum Gasteiger partial charge on any atom is -0.265 e. The number of hydrogen-bond acceptors (Lipinski definition) is 5. The summed E-state index contributed by atoms with van der Waals surface area (Å²) in [7, 11) is -3.39. The van der Waals surface area contributed by atoms with Crippen LogP contribution in [0.1, 0.15) is 16.1 Å². The zero-order valence-corrected chi connectivity index (χ0v) is 14.8. The maximum atomic E-state index is 12.2. The summed E-state index contributed by atoms with van der Waals surface area (Å²) in [6, 6.07) is 11.2. The summed E-state index contributed by atoms with van der Waals surface area (Å²) < 4.78 is 27.0. The smallest absolute Gasteiger partial charge is 0.216 e. The molecule has 124 valence electrons. The van der Waals surface area contributed by atoms with Crippen LogP contribution in [0.15, 0.2) is 54.2 Å². The summed E-state index contributed by atoms with van der Waals surface area (Å²) in [6.45, 7) is 2.17. The van der Waals surface area contributed by atoms with Crippen molar-refractivity contribution in [3.05, 3.63) is 70.3 Å². The molecule has 2 aromatic heterocycles. The number of pyridine rings is 1. The molecule has 0 radical (unpaired) electrons. The second-order valence-electron chi connectivity index (χ2n) is 5.43. The Balaban J connectivity index is 1.63. The van der Waals surface area contributed by atoms with Crippen LogP contribution < -0.4 is 4.72 Å². The lowest BCUT2D eigenvalue weighted by Crippen LogP contribution is -2.24. The van der Waals surface area contributed by atoms with Gasteiger partial charge in [-0.1, -0.05) is 29.8 Å². The van der Waals surface area contributed by atoms with Crippen LogP contribution in [0.4, 0.5) is 0 Å². The van der Waals surface area contributed by atoms with E-state index < -0.39 is 10.0 Å². The van der Waals surface area contributed by atoms with Crippen LogP contribution in [-0.4, -0.2) is 18.4 Å². The number of benzene rings is 1. The molecule has 5 nitrogen and oxygen atoms in total. The van der Waals surface area contributed by atoms with Gasteiger partial charge < -0.3 is 0 Å². The van der Waals surface area contributed by atoms with Crippen LogP contribution in [0.25, 0.3) is 11.3 Å². The number of aryl methyl sites for hydroxylation is 1. The van der Waals surface area contributed by atoms with Gasteiger partial charge in [0.2, 0.25) is 10.0 Å². The van der Waals surface area contributed by atoms with E-state index in [4.69, 9.17) is 0 Å². The third kappa shape index (κ3) is 4.47. The number of aromatic nitrogens is 2. The Morgan fingerprint density at radius 1 is 1.08 bits per heavy atom. The molecule has 1 N–H and O–H groups in total. The lowest BCUT2D eigenvalue weighted by molar-refractivity contribution is 0.580. The molecule has 0 atom stereocenters. The molecular formula is C17H17N3O2S2. The van der Waals surface area contributed by atoms with E-state index in [-0.39, 0.29) is 12.3 Å². The predicted molar refractivity (Wildman–Crippen MR) is 96.0 cm³/mol. The molecule has 0 unspecified atom stereocenters. The maximum absolute atomic E-state index is 12.2. The Labute approximate surface area is 145 Å². The van der Waals surface area contributed by atoms with Crippen molar-refractivity contribution in [1.29, 1.82) is 0 Å². The van der Waals surface area contributed by atoms with E-state index in [0.29, 0.717) is 0 Å². The summed E-state index contributed by atoms with van der Waals surface area (Å²) in [4.78, 5) is 8.44. The van der Waals surface area contributed by atoms with Crippen LogP contribution in [0.5, 0.6) is 0 Å². The summed E-state index contributed by atoms with van der Waals surface area (Å²) in [5.74, 6) is -0.0319. The van der Waals surface area contributed by atoms with Gasteiger partial charge >= 0.3 is 0 Å². The third-order valence-corrected chi connectivity index (χ3v) is 5.59. The summed E-state index contributed by atoms with van der Waals surface area (Å²) in [5, 5.41) is 2.65. The first-order valence-electron chi connectivity index (χ1n) is 7.39. The Kier molecular flexibility index (Phi) is 5.03. The van der Waals surface area contributed by atoms with Crippen molar-refractivity contribution in [3.63, 3.8) is 0 Å². The molecule has 0 amide bonds. The Morgan fingerprint density at radius 3 is 2.50 bits per heavy atom. The molecule has 2 heterocycles. The number of rotatable bonds is 6. The molecule has 0 aliphatic carbocycles. The fourth-order valence-electron chi connectivity index (χ4n) is 2.17. The fraction of sp³-hybridized carbons (Fsp3) is 0.176. The van der Waals surface area contributed by atoms with E-state index in [1.807, 2.05) is 48.7 Å². The highest BCUT2D eigenvalue weighted by atomic mass is 32.2. The maximum Gasteiger partial charge on any atom is 0.216 e. The van der Waals surface area contributed by atoms with Crippen LogP contribution in [0.3, 0.4) is 0 Å². The SMILES string of the molecule is Cc1ccc(CS(=O)(=O)NCc2nc(-c3ccncc3)cs2)cc1. The number of hydrogen-bond donors (Lipinski definition) is 1. The van der Waals surface area contributed by atoms with Crippen LogP contribution in [0.2, 0.25) is 0 Å². The van der Waals surface area contributed by atoms with Crippen molar-refractivity contribution in [2.75, 3.05) is 0 Å². The zero-order chi connectivity index (χ0) is 17.0. The Hall–Kier alpha value is -2.09. The highest BCUT2D eigenvalue weighted by Gasteiger charge is 2.13. The van der Waals surface area contributed by atoms with Gasteiger partial charge in [-0.25, -0.2) is 18.1 Å². The van der Waals surface area contributed by atoms with Gasteiger partial charge in [-0.15, -0.1) is 11.3 Å². The van der Waals surface area contributed by atoms with Gasteiger partial charge in [0, 0.05) is 23.3 Å². The lowest BCUT2D eigenvalue weighted by atomic mass is 10.2. The highest BCUT2D eigenvalue weighted by Crippen LogP contribution is 2.21. The molecule has 24 heavy (non-hydrogen) atoms. The predicted octanol–water partition coefficient (Wildman–Crippen LogP) is 3.13. The van der Waals surface area contributed by atoms with Gasteiger partial charge in [0.1, 0.15) is 5.01 Å². The van der Waals surface area contributed by atoms with E-state index >= 15 is 0 Å². The van der Waals surface area contributed by atoms with E-state index in [0.717, 1.165) is 27.4 Å². The van der Waals surface area contributed by atoms with Gasteiger partial charge in [-0.05, 0) is 24.6 Å². The average Bonchev–Trinajstić information content (AvgIpc) is 3.05. The standard InChI is InChI=1S/C17H17N3O2S2/c1-13-2-4-14(5-3-13)12-24(21,22)19-10-17-20-16(11-23-17)15-6-8-18-9-7-15/h2-9,11,19H,10,12H2,1H3. The molecule has 3 rings (SSSR count). The largest absolute Gasteiger partial charge is 0.265 e. The van der Waals surface area contributed by atoms with Gasteiger partial charge in [0.05, 0.1) is 18.0 Å². The molecule has 0 aliphatic heterocycles. The summed E-state index contributed by atoms with van der Waals surface area (Å²) in [5.41, 5.74) is 3.67. The number of nitrogens with one attached hydrogen (secondary N) is 1. The second kappa shape index (κ2) is 7.21. The molecule has 0 fully saturated rings. The minimum absolute atomic E-state index is 0.0319. The Morgan fingerprint density at radius 2 is 1.79 bits per heavy atom. The second-order valence-corrected chi connectivity index (χ2v) is 8.18. The van der Waals surface area contributed by atoms with E-state index in [1.165, 1.54) is 11.3 Å². The molecule has 0 bridgehead atoms. The molecular weight excluding hydrogens is 342 g/mol. The van der Waals surface area contributed by atoms with Gasteiger partial charge in [-0.3, -0.25) is 4.98 Å².